The van der Waals surface area contributed by atoms with Gasteiger partial charge in [0.25, 0.3) is 0 Å². The standard InChI is InChI=1S/C17H25NO/c1-13-8-9-16(11-14(13)2)17(19)12-18-10-6-4-5-7-15(18)3/h8-9,11,15H,4-7,10,12H2,1-3H3. The molecule has 0 N–H and O–H groups in total. The number of hydrogen-bond acceptors (Lipinski definition) is 2. The van der Waals surface area contributed by atoms with Crippen molar-refractivity contribution < 1.29 is 4.79 Å². The summed E-state index contributed by atoms with van der Waals surface area (Å²) < 4.78 is 0. The molecule has 104 valence electrons. The van der Waals surface area contributed by atoms with Crippen LogP contribution in [0.2, 0.25) is 0 Å². The minimum Gasteiger partial charge on any atom is -0.293 e. The van der Waals surface area contributed by atoms with Crippen molar-refractivity contribution >= 4 is 5.78 Å². The normalized spacial score (nSPS) is 21.1. The molecule has 19 heavy (non-hydrogen) atoms. The number of aryl methyl sites for hydroxylation is 2. The van der Waals surface area contributed by atoms with E-state index < -0.39 is 0 Å². The molecule has 2 nitrogen and oxygen atoms in total. The zero-order chi connectivity index (χ0) is 13.8. The van der Waals surface area contributed by atoms with E-state index in [-0.39, 0.29) is 5.78 Å². The Morgan fingerprint density at radius 2 is 2.00 bits per heavy atom. The summed E-state index contributed by atoms with van der Waals surface area (Å²) >= 11 is 0. The van der Waals surface area contributed by atoms with Gasteiger partial charge in [0, 0.05) is 11.6 Å². The van der Waals surface area contributed by atoms with Gasteiger partial charge in [-0.3, -0.25) is 9.69 Å². The Labute approximate surface area is 116 Å². The number of likely N-dealkylation sites (tertiary alicyclic amines) is 1. The Hall–Kier alpha value is -1.15. The van der Waals surface area contributed by atoms with Crippen LogP contribution in [0.25, 0.3) is 0 Å². The molecule has 1 saturated heterocycles. The van der Waals surface area contributed by atoms with E-state index in [1.807, 2.05) is 12.1 Å². The summed E-state index contributed by atoms with van der Waals surface area (Å²) in [5.41, 5.74) is 3.31. The SMILES string of the molecule is Cc1ccc(C(=O)CN2CCCCCC2C)cc1C. The van der Waals surface area contributed by atoms with Crippen molar-refractivity contribution in [2.45, 2.75) is 52.5 Å². The second-order valence-electron chi connectivity index (χ2n) is 5.89. The number of carbonyl (C=O) groups is 1. The van der Waals surface area contributed by atoms with Crippen molar-refractivity contribution in [3.05, 3.63) is 34.9 Å². The Balaban J connectivity index is 2.05. The summed E-state index contributed by atoms with van der Waals surface area (Å²) in [7, 11) is 0. The second-order valence-corrected chi connectivity index (χ2v) is 5.89. The summed E-state index contributed by atoms with van der Waals surface area (Å²) in [5, 5.41) is 0. The molecule has 1 atom stereocenters. The van der Waals surface area contributed by atoms with Crippen LogP contribution in [0, 0.1) is 13.8 Å². The summed E-state index contributed by atoms with van der Waals surface area (Å²) in [6.07, 6.45) is 5.05. The average molecular weight is 259 g/mol. The van der Waals surface area contributed by atoms with Gasteiger partial charge in [-0.15, -0.1) is 0 Å². The van der Waals surface area contributed by atoms with E-state index in [1.54, 1.807) is 0 Å². The summed E-state index contributed by atoms with van der Waals surface area (Å²) in [4.78, 5) is 14.7. The van der Waals surface area contributed by atoms with Crippen molar-refractivity contribution in [2.24, 2.45) is 0 Å². The van der Waals surface area contributed by atoms with Crippen molar-refractivity contribution in [1.82, 2.24) is 4.90 Å². The fraction of sp³-hybridized carbons (Fsp3) is 0.588. The van der Waals surface area contributed by atoms with Crippen molar-refractivity contribution in [2.75, 3.05) is 13.1 Å². The minimum atomic E-state index is 0.261. The molecule has 0 saturated carbocycles. The lowest BCUT2D eigenvalue weighted by Crippen LogP contribution is -2.37. The molecule has 1 fully saturated rings. The molecule has 1 aliphatic heterocycles. The zero-order valence-corrected chi connectivity index (χ0v) is 12.4. The van der Waals surface area contributed by atoms with Crippen LogP contribution in [-0.2, 0) is 0 Å². The number of carbonyl (C=O) groups excluding carboxylic acids is 1. The van der Waals surface area contributed by atoms with E-state index in [0.29, 0.717) is 12.6 Å². The minimum absolute atomic E-state index is 0.261. The van der Waals surface area contributed by atoms with Gasteiger partial charge in [0.05, 0.1) is 6.54 Å². The van der Waals surface area contributed by atoms with Gasteiger partial charge >= 0.3 is 0 Å². The van der Waals surface area contributed by atoms with Gasteiger partial charge in [-0.1, -0.05) is 25.0 Å². The fourth-order valence-electron chi connectivity index (χ4n) is 2.76. The lowest BCUT2D eigenvalue weighted by atomic mass is 10.0. The van der Waals surface area contributed by atoms with Crippen LogP contribution in [0.1, 0.15) is 54.1 Å². The fourth-order valence-corrected chi connectivity index (χ4v) is 2.76. The molecule has 0 aromatic heterocycles. The highest BCUT2D eigenvalue weighted by molar-refractivity contribution is 5.97. The number of nitrogens with zero attached hydrogens (tertiary/aromatic N) is 1. The van der Waals surface area contributed by atoms with E-state index in [9.17, 15) is 4.79 Å². The molecule has 1 unspecified atom stereocenters. The Bertz CT molecular complexity index is 453. The molecule has 0 bridgehead atoms. The van der Waals surface area contributed by atoms with Crippen LogP contribution in [0.4, 0.5) is 0 Å². The third kappa shape index (κ3) is 3.66. The molecule has 2 heteroatoms. The molecule has 0 radical (unpaired) electrons. The van der Waals surface area contributed by atoms with Crippen LogP contribution in [0.5, 0.6) is 0 Å². The predicted molar refractivity (Wildman–Crippen MR) is 79.7 cm³/mol. The van der Waals surface area contributed by atoms with Crippen molar-refractivity contribution in [3.63, 3.8) is 0 Å². The highest BCUT2D eigenvalue weighted by Crippen LogP contribution is 2.17. The smallest absolute Gasteiger partial charge is 0.176 e. The maximum Gasteiger partial charge on any atom is 0.176 e. The predicted octanol–water partition coefficient (Wildman–Crippen LogP) is 3.75. The first kappa shape index (κ1) is 14.3. The van der Waals surface area contributed by atoms with E-state index in [2.05, 4.69) is 31.7 Å². The molecule has 1 heterocycles. The van der Waals surface area contributed by atoms with Crippen molar-refractivity contribution in [1.29, 1.82) is 0 Å². The van der Waals surface area contributed by atoms with E-state index in [4.69, 9.17) is 0 Å². The molecule has 1 aromatic carbocycles. The van der Waals surface area contributed by atoms with E-state index in [0.717, 1.165) is 12.1 Å². The Morgan fingerprint density at radius 3 is 2.74 bits per heavy atom. The van der Waals surface area contributed by atoms with Gasteiger partial charge < -0.3 is 0 Å². The number of Topliss-reactive ketones (excluding diaryl/α,β-unsaturated/α-hetero) is 1. The van der Waals surface area contributed by atoms with Gasteiger partial charge in [-0.05, 0) is 57.4 Å². The van der Waals surface area contributed by atoms with E-state index >= 15 is 0 Å². The summed E-state index contributed by atoms with van der Waals surface area (Å²) in [6.45, 7) is 8.04. The molecule has 0 amide bonds. The molecule has 1 aliphatic rings. The Morgan fingerprint density at radius 1 is 1.21 bits per heavy atom. The zero-order valence-electron chi connectivity index (χ0n) is 12.4. The maximum absolute atomic E-state index is 12.4. The Kier molecular flexibility index (Phi) is 4.76. The molecule has 1 aromatic rings. The first-order chi connectivity index (χ1) is 9.08. The average Bonchev–Trinajstić information content (AvgIpc) is 2.58. The third-order valence-electron chi connectivity index (χ3n) is 4.37. The molecule has 0 aliphatic carbocycles. The topological polar surface area (TPSA) is 20.3 Å². The van der Waals surface area contributed by atoms with Crippen LogP contribution in [0.3, 0.4) is 0 Å². The molecule has 0 spiro atoms. The van der Waals surface area contributed by atoms with Gasteiger partial charge in [0.15, 0.2) is 5.78 Å². The van der Waals surface area contributed by atoms with Crippen molar-refractivity contribution in [3.8, 4) is 0 Å². The molecular weight excluding hydrogens is 234 g/mol. The number of hydrogen-bond donors (Lipinski definition) is 0. The van der Waals surface area contributed by atoms with E-state index in [1.165, 1.54) is 36.8 Å². The lowest BCUT2D eigenvalue weighted by Gasteiger charge is -2.26. The largest absolute Gasteiger partial charge is 0.293 e. The van der Waals surface area contributed by atoms with Gasteiger partial charge in [-0.2, -0.15) is 0 Å². The quantitative estimate of drug-likeness (QED) is 0.771. The number of ketones is 1. The van der Waals surface area contributed by atoms with Crippen LogP contribution in [0.15, 0.2) is 18.2 Å². The monoisotopic (exact) mass is 259 g/mol. The molecular formula is C17H25NO. The molecule has 2 rings (SSSR count). The van der Waals surface area contributed by atoms with Crippen LogP contribution >= 0.6 is 0 Å². The highest BCUT2D eigenvalue weighted by atomic mass is 16.1. The first-order valence-electron chi connectivity index (χ1n) is 7.42. The first-order valence-corrected chi connectivity index (χ1v) is 7.42. The van der Waals surface area contributed by atoms with Crippen LogP contribution < -0.4 is 0 Å². The maximum atomic E-state index is 12.4. The lowest BCUT2D eigenvalue weighted by molar-refractivity contribution is 0.0901. The van der Waals surface area contributed by atoms with Gasteiger partial charge in [0.1, 0.15) is 0 Å². The summed E-state index contributed by atoms with van der Waals surface area (Å²) in [5.74, 6) is 0.261. The number of rotatable bonds is 3. The van der Waals surface area contributed by atoms with Gasteiger partial charge in [-0.25, -0.2) is 0 Å². The highest BCUT2D eigenvalue weighted by Gasteiger charge is 2.20. The van der Waals surface area contributed by atoms with Gasteiger partial charge in [0.2, 0.25) is 0 Å². The third-order valence-corrected chi connectivity index (χ3v) is 4.37. The van der Waals surface area contributed by atoms with Crippen LogP contribution in [-0.4, -0.2) is 29.8 Å². The number of benzene rings is 1. The second kappa shape index (κ2) is 6.33. The summed E-state index contributed by atoms with van der Waals surface area (Å²) in [6, 6.07) is 6.58.